The van der Waals surface area contributed by atoms with Gasteiger partial charge in [-0.3, -0.25) is 9.59 Å². The molecule has 4 heteroatoms. The minimum Gasteiger partial charge on any atom is -0.465 e. The summed E-state index contributed by atoms with van der Waals surface area (Å²) in [6, 6.07) is 0. The molecule has 0 heterocycles. The highest BCUT2D eigenvalue weighted by Gasteiger charge is 2.21. The number of esters is 2. The molecule has 0 radical (unpaired) electrons. The van der Waals surface area contributed by atoms with Crippen LogP contribution in [0.4, 0.5) is 0 Å². The fraction of sp³-hybridized carbons (Fsp3) is 0.727. The van der Waals surface area contributed by atoms with Crippen LogP contribution >= 0.6 is 0 Å². The Morgan fingerprint density at radius 1 is 0.731 bits per heavy atom. The van der Waals surface area contributed by atoms with Gasteiger partial charge in [0.15, 0.2) is 0 Å². The van der Waals surface area contributed by atoms with Crippen LogP contribution < -0.4 is 0 Å². The van der Waals surface area contributed by atoms with Crippen molar-refractivity contribution in [2.24, 2.45) is 23.7 Å². The average Bonchev–Trinajstić information content (AvgIpc) is 2.64. The molecule has 2 rings (SSSR count). The smallest absolute Gasteiger partial charge is 0.305 e. The van der Waals surface area contributed by atoms with Gasteiger partial charge in [-0.15, -0.1) is 0 Å². The van der Waals surface area contributed by atoms with Crippen molar-refractivity contribution in [1.29, 1.82) is 0 Å². The highest BCUT2D eigenvalue weighted by atomic mass is 16.5. The van der Waals surface area contributed by atoms with Crippen molar-refractivity contribution in [3.8, 4) is 0 Å². The molecule has 26 heavy (non-hydrogen) atoms. The van der Waals surface area contributed by atoms with Crippen LogP contribution in [0.25, 0.3) is 0 Å². The van der Waals surface area contributed by atoms with Crippen molar-refractivity contribution in [3.63, 3.8) is 0 Å². The maximum Gasteiger partial charge on any atom is 0.305 e. The Hall–Kier alpha value is -1.58. The largest absolute Gasteiger partial charge is 0.465 e. The summed E-state index contributed by atoms with van der Waals surface area (Å²) in [4.78, 5) is 23.7. The monoisotopic (exact) mass is 362 g/mol. The van der Waals surface area contributed by atoms with Gasteiger partial charge in [-0.1, -0.05) is 38.2 Å². The Bertz CT molecular complexity index is 462. The van der Waals surface area contributed by atoms with Crippen LogP contribution in [0, 0.1) is 23.7 Å². The maximum atomic E-state index is 11.8. The first-order valence-corrected chi connectivity index (χ1v) is 10.2. The fourth-order valence-corrected chi connectivity index (χ4v) is 3.56. The van der Waals surface area contributed by atoms with Gasteiger partial charge in [0.25, 0.3) is 0 Å². The van der Waals surface area contributed by atoms with Gasteiger partial charge in [0, 0.05) is 12.8 Å². The lowest BCUT2D eigenvalue weighted by atomic mass is 9.85. The van der Waals surface area contributed by atoms with Gasteiger partial charge in [0.1, 0.15) is 0 Å². The molecule has 4 nitrogen and oxygen atoms in total. The lowest BCUT2D eigenvalue weighted by Crippen LogP contribution is -2.22. The number of ether oxygens (including phenoxy) is 2. The third-order valence-electron chi connectivity index (χ3n) is 5.76. The molecule has 0 N–H and O–H groups in total. The van der Waals surface area contributed by atoms with Crippen molar-refractivity contribution < 1.29 is 19.1 Å². The van der Waals surface area contributed by atoms with E-state index in [1.807, 2.05) is 0 Å². The van der Waals surface area contributed by atoms with Crippen molar-refractivity contribution in [2.45, 2.75) is 65.2 Å². The third kappa shape index (κ3) is 7.35. The maximum absolute atomic E-state index is 11.8. The molecule has 0 aliphatic heterocycles. The first kappa shape index (κ1) is 20.7. The second-order valence-electron chi connectivity index (χ2n) is 7.93. The Balaban J connectivity index is 1.49. The molecular formula is C22H34O4. The quantitative estimate of drug-likeness (QED) is 0.335. The van der Waals surface area contributed by atoms with Gasteiger partial charge in [-0.25, -0.2) is 0 Å². The Morgan fingerprint density at radius 2 is 1.12 bits per heavy atom. The summed E-state index contributed by atoms with van der Waals surface area (Å²) in [5, 5.41) is 0. The van der Waals surface area contributed by atoms with Gasteiger partial charge in [-0.2, -0.15) is 0 Å². The van der Waals surface area contributed by atoms with Crippen LogP contribution in [0.2, 0.25) is 0 Å². The predicted molar refractivity (Wildman–Crippen MR) is 102 cm³/mol. The highest BCUT2D eigenvalue weighted by Crippen LogP contribution is 2.26. The zero-order valence-electron chi connectivity index (χ0n) is 16.3. The van der Waals surface area contributed by atoms with E-state index in [1.54, 1.807) is 0 Å². The molecule has 0 amide bonds. The molecule has 0 aromatic rings. The van der Waals surface area contributed by atoms with Gasteiger partial charge in [0.2, 0.25) is 0 Å². The van der Waals surface area contributed by atoms with E-state index in [0.717, 1.165) is 25.7 Å². The molecule has 146 valence electrons. The number of hydrogen-bond acceptors (Lipinski definition) is 4. The molecule has 0 saturated heterocycles. The highest BCUT2D eigenvalue weighted by molar-refractivity contribution is 5.70. The van der Waals surface area contributed by atoms with Crippen molar-refractivity contribution >= 4 is 11.9 Å². The molecule has 0 saturated carbocycles. The zero-order valence-corrected chi connectivity index (χ0v) is 16.3. The molecule has 0 spiro atoms. The van der Waals surface area contributed by atoms with Crippen molar-refractivity contribution in [1.82, 2.24) is 0 Å². The van der Waals surface area contributed by atoms with Gasteiger partial charge in [-0.05, 0) is 62.2 Å². The summed E-state index contributed by atoms with van der Waals surface area (Å²) < 4.78 is 10.8. The van der Waals surface area contributed by atoms with E-state index in [-0.39, 0.29) is 11.9 Å². The number of unbranched alkanes of at least 4 members (excludes halogenated alkanes) is 1. The summed E-state index contributed by atoms with van der Waals surface area (Å²) in [6.07, 6.45) is 15.0. The minimum atomic E-state index is -0.150. The van der Waals surface area contributed by atoms with E-state index in [4.69, 9.17) is 9.47 Å². The third-order valence-corrected chi connectivity index (χ3v) is 5.76. The fourth-order valence-electron chi connectivity index (χ4n) is 3.56. The average molecular weight is 363 g/mol. The zero-order chi connectivity index (χ0) is 18.8. The standard InChI is InChI=1S/C22H34O4/c1-17-9-3-5-11-19(17)15-25-21(23)13-7-8-14-22(24)26-16-20-12-6-4-10-18(20)2/h3-6,17-20H,7-16H2,1-2H3/t17-,18+,19-,20-/m0/s1. The summed E-state index contributed by atoms with van der Waals surface area (Å²) in [7, 11) is 0. The van der Waals surface area contributed by atoms with Crippen LogP contribution in [-0.2, 0) is 19.1 Å². The van der Waals surface area contributed by atoms with Crippen molar-refractivity contribution in [3.05, 3.63) is 24.3 Å². The number of rotatable bonds is 9. The minimum absolute atomic E-state index is 0.150. The Labute approximate surface area is 158 Å². The molecule has 0 bridgehead atoms. The van der Waals surface area contributed by atoms with Gasteiger partial charge >= 0.3 is 11.9 Å². The molecule has 0 unspecified atom stereocenters. The van der Waals surface area contributed by atoms with Gasteiger partial charge < -0.3 is 9.47 Å². The number of hydrogen-bond donors (Lipinski definition) is 0. The molecular weight excluding hydrogens is 328 g/mol. The predicted octanol–water partition coefficient (Wildman–Crippen LogP) is 4.84. The van der Waals surface area contributed by atoms with Crippen LogP contribution in [-0.4, -0.2) is 25.2 Å². The molecule has 0 fully saturated rings. The van der Waals surface area contributed by atoms with Gasteiger partial charge in [0.05, 0.1) is 13.2 Å². The summed E-state index contributed by atoms with van der Waals surface area (Å²) >= 11 is 0. The first-order valence-electron chi connectivity index (χ1n) is 10.2. The second kappa shape index (κ2) is 11.2. The lowest BCUT2D eigenvalue weighted by Gasteiger charge is -2.24. The van der Waals surface area contributed by atoms with E-state index >= 15 is 0 Å². The number of carbonyl (C=O) groups excluding carboxylic acids is 2. The summed E-state index contributed by atoms with van der Waals surface area (Å²) in [5.74, 6) is 1.73. The van der Waals surface area contributed by atoms with Crippen LogP contribution in [0.3, 0.4) is 0 Å². The Morgan fingerprint density at radius 3 is 1.50 bits per heavy atom. The normalized spacial score (nSPS) is 27.9. The lowest BCUT2D eigenvalue weighted by molar-refractivity contribution is -0.147. The SMILES string of the molecule is C[C@@H]1CC=CC[C@H]1COC(=O)CCCCC(=O)OC[C@@H]1CC=CC[C@@H]1C. The molecule has 4 atom stereocenters. The summed E-state index contributed by atoms with van der Waals surface area (Å²) in [6.45, 7) is 5.44. The van der Waals surface area contributed by atoms with Crippen LogP contribution in [0.5, 0.6) is 0 Å². The Kier molecular flexibility index (Phi) is 8.93. The van der Waals surface area contributed by atoms with E-state index in [0.29, 0.717) is 62.6 Å². The summed E-state index contributed by atoms with van der Waals surface area (Å²) in [5.41, 5.74) is 0. The van der Waals surface area contributed by atoms with E-state index in [1.165, 1.54) is 0 Å². The number of allylic oxidation sites excluding steroid dienone is 4. The molecule has 2 aliphatic carbocycles. The molecule has 0 aromatic heterocycles. The van der Waals surface area contributed by atoms with E-state index < -0.39 is 0 Å². The van der Waals surface area contributed by atoms with E-state index in [9.17, 15) is 9.59 Å². The van der Waals surface area contributed by atoms with E-state index in [2.05, 4.69) is 38.2 Å². The molecule has 2 aliphatic rings. The second-order valence-corrected chi connectivity index (χ2v) is 7.93. The van der Waals surface area contributed by atoms with Crippen molar-refractivity contribution in [2.75, 3.05) is 13.2 Å². The molecule has 0 aromatic carbocycles. The first-order chi connectivity index (χ1) is 12.6. The van der Waals surface area contributed by atoms with Crippen LogP contribution in [0.15, 0.2) is 24.3 Å². The number of carbonyl (C=O) groups is 2. The van der Waals surface area contributed by atoms with Crippen LogP contribution in [0.1, 0.15) is 65.2 Å². The topological polar surface area (TPSA) is 52.6 Å².